The molecule has 0 aliphatic rings. The summed E-state index contributed by atoms with van der Waals surface area (Å²) in [4.78, 5) is 0. The smallest absolute Gasteiger partial charge is 1.00 e. The summed E-state index contributed by atoms with van der Waals surface area (Å²) in [5.74, 6) is 0. The molecule has 4 heteroatoms. The second kappa shape index (κ2) is 8.46. The molecule has 132 valence electrons. The van der Waals surface area contributed by atoms with E-state index >= 15 is 0 Å². The van der Waals surface area contributed by atoms with Crippen LogP contribution < -0.4 is 35.2 Å². The van der Waals surface area contributed by atoms with Gasteiger partial charge >= 0.3 is 21.7 Å². The van der Waals surface area contributed by atoms with Crippen LogP contribution in [0.2, 0.25) is 13.1 Å². The summed E-state index contributed by atoms with van der Waals surface area (Å²) in [7, 11) is -1.77. The predicted octanol–water partition coefficient (Wildman–Crippen LogP) is -1.12. The van der Waals surface area contributed by atoms with Crippen molar-refractivity contribution in [3.63, 3.8) is 0 Å². The first kappa shape index (κ1) is 23.2. The molecule has 4 aromatic rings. The fraction of sp³-hybridized carbons (Fsp3) is 0.182. The standard InChI is InChI=1S/C22H22Si.2ClH.Ti/c1-15-13-17-9-5-7-11-19(17)21(15)23(3,4)22-16(2)14-18-10-6-8-12-20(18)22;;;/h5-14H,1-4H3;2*1H;/q-2;;;+4/p-2. The molecule has 0 aliphatic carbocycles. The molecule has 0 heterocycles. The van der Waals surface area contributed by atoms with Crippen LogP contribution >= 0.6 is 0 Å². The second-order valence-corrected chi connectivity index (χ2v) is 11.5. The van der Waals surface area contributed by atoms with Gasteiger partial charge < -0.3 is 24.8 Å². The third-order valence-corrected chi connectivity index (χ3v) is 9.07. The van der Waals surface area contributed by atoms with Crippen molar-refractivity contribution >= 4 is 40.0 Å². The first-order valence-corrected chi connectivity index (χ1v) is 11.3. The number of rotatable bonds is 2. The Bertz CT molecular complexity index is 945. The minimum absolute atomic E-state index is 0. The molecule has 0 nitrogen and oxygen atoms in total. The van der Waals surface area contributed by atoms with E-state index in [0.29, 0.717) is 0 Å². The van der Waals surface area contributed by atoms with Gasteiger partial charge in [0.2, 0.25) is 0 Å². The van der Waals surface area contributed by atoms with Gasteiger partial charge in [-0.25, -0.2) is 0 Å². The summed E-state index contributed by atoms with van der Waals surface area (Å²) in [6.45, 7) is 9.59. The molecule has 0 atom stereocenters. The fourth-order valence-corrected chi connectivity index (χ4v) is 8.69. The van der Waals surface area contributed by atoms with Crippen LogP contribution in [0, 0.1) is 13.8 Å². The summed E-state index contributed by atoms with van der Waals surface area (Å²) in [5, 5.41) is 8.88. The molecular formula is C22H22Cl2SiTi. The number of fused-ring (bicyclic) bond motifs is 2. The predicted molar refractivity (Wildman–Crippen MR) is 105 cm³/mol. The van der Waals surface area contributed by atoms with Crippen LogP contribution in [-0.2, 0) is 21.7 Å². The van der Waals surface area contributed by atoms with Crippen LogP contribution in [0.5, 0.6) is 0 Å². The maximum absolute atomic E-state index is 2.51. The Morgan fingerprint density at radius 2 is 1.00 bits per heavy atom. The third kappa shape index (κ3) is 3.48. The maximum atomic E-state index is 2.51. The molecule has 0 saturated carbocycles. The van der Waals surface area contributed by atoms with E-state index in [1.807, 2.05) is 0 Å². The average Bonchev–Trinajstić information content (AvgIpc) is 3.02. The molecule has 0 amide bonds. The van der Waals surface area contributed by atoms with E-state index < -0.39 is 8.07 Å². The van der Waals surface area contributed by atoms with Gasteiger partial charge in [0.15, 0.2) is 0 Å². The zero-order chi connectivity index (χ0) is 16.2. The monoisotopic (exact) mass is 432 g/mol. The van der Waals surface area contributed by atoms with Crippen LogP contribution in [0.4, 0.5) is 0 Å². The fourth-order valence-electron chi connectivity index (χ4n) is 4.52. The molecule has 0 radical (unpaired) electrons. The largest absolute Gasteiger partial charge is 4.00 e. The van der Waals surface area contributed by atoms with Crippen molar-refractivity contribution < 1.29 is 46.5 Å². The van der Waals surface area contributed by atoms with Gasteiger partial charge in [-0.15, -0.1) is 81.2 Å². The van der Waals surface area contributed by atoms with Crippen LogP contribution in [0.25, 0.3) is 21.5 Å². The molecule has 0 saturated heterocycles. The summed E-state index contributed by atoms with van der Waals surface area (Å²) in [6.07, 6.45) is 0. The van der Waals surface area contributed by atoms with Gasteiger partial charge in [-0.3, -0.25) is 0 Å². The average molecular weight is 433 g/mol. The van der Waals surface area contributed by atoms with E-state index in [-0.39, 0.29) is 46.5 Å². The molecule has 4 aromatic carbocycles. The summed E-state index contributed by atoms with van der Waals surface area (Å²) in [5.41, 5.74) is 2.90. The van der Waals surface area contributed by atoms with E-state index in [9.17, 15) is 0 Å². The van der Waals surface area contributed by atoms with Crippen molar-refractivity contribution in [2.24, 2.45) is 0 Å². The molecule has 4 rings (SSSR count). The first-order chi connectivity index (χ1) is 11.0. The Morgan fingerprint density at radius 1 is 0.654 bits per heavy atom. The molecule has 0 N–H and O–H groups in total. The van der Waals surface area contributed by atoms with Crippen LogP contribution in [0.1, 0.15) is 11.1 Å². The summed E-state index contributed by atoms with van der Waals surface area (Å²) in [6, 6.07) is 22.4. The second-order valence-electron chi connectivity index (χ2n) is 7.20. The van der Waals surface area contributed by atoms with E-state index in [1.54, 1.807) is 10.4 Å². The van der Waals surface area contributed by atoms with Crippen LogP contribution in [0.3, 0.4) is 0 Å². The Kier molecular flexibility index (Phi) is 7.55. The maximum Gasteiger partial charge on any atom is 4.00 e. The van der Waals surface area contributed by atoms with Gasteiger partial charge in [-0.2, -0.15) is 10.4 Å². The van der Waals surface area contributed by atoms with Crippen molar-refractivity contribution in [1.29, 1.82) is 0 Å². The van der Waals surface area contributed by atoms with Gasteiger partial charge in [0.25, 0.3) is 0 Å². The zero-order valence-electron chi connectivity index (χ0n) is 15.5. The van der Waals surface area contributed by atoms with E-state index in [0.717, 1.165) is 0 Å². The van der Waals surface area contributed by atoms with E-state index in [1.165, 1.54) is 32.7 Å². The SMILES string of the molecule is Cc1[cH-]c2ccccc2c1[Si](C)(C)c1c(C)[cH-]c2ccccc12.[Cl-].[Cl-].[Ti+4]. The Labute approximate surface area is 184 Å². The van der Waals surface area contributed by atoms with Gasteiger partial charge in [0.05, 0.1) is 0 Å². The zero-order valence-corrected chi connectivity index (χ0v) is 19.6. The van der Waals surface area contributed by atoms with Crippen molar-refractivity contribution in [2.75, 3.05) is 0 Å². The molecule has 0 bridgehead atoms. The molecule has 0 unspecified atom stereocenters. The summed E-state index contributed by atoms with van der Waals surface area (Å²) < 4.78 is 0. The normalized spacial score (nSPS) is 10.9. The van der Waals surface area contributed by atoms with Gasteiger partial charge in [-0.05, 0) is 0 Å². The number of hydrogen-bond donors (Lipinski definition) is 0. The molecule has 0 fully saturated rings. The van der Waals surface area contributed by atoms with Crippen molar-refractivity contribution in [3.8, 4) is 0 Å². The molecule has 0 spiro atoms. The van der Waals surface area contributed by atoms with Gasteiger partial charge in [-0.1, -0.05) is 39.1 Å². The van der Waals surface area contributed by atoms with Gasteiger partial charge in [0, 0.05) is 8.07 Å². The number of aryl methyl sites for hydroxylation is 2. The Hall–Kier alpha value is -0.829. The van der Waals surface area contributed by atoms with Crippen molar-refractivity contribution in [3.05, 3.63) is 71.8 Å². The summed E-state index contributed by atoms with van der Waals surface area (Å²) >= 11 is 0. The number of hydrogen-bond acceptors (Lipinski definition) is 0. The van der Waals surface area contributed by atoms with Crippen LogP contribution in [0.15, 0.2) is 60.7 Å². The number of halogens is 2. The Morgan fingerprint density at radius 3 is 1.38 bits per heavy atom. The van der Waals surface area contributed by atoms with E-state index in [4.69, 9.17) is 0 Å². The van der Waals surface area contributed by atoms with Crippen molar-refractivity contribution in [1.82, 2.24) is 0 Å². The Balaban J connectivity index is 0.00000113. The topological polar surface area (TPSA) is 0 Å². The van der Waals surface area contributed by atoms with Crippen LogP contribution in [-0.4, -0.2) is 8.07 Å². The molecular weight excluding hydrogens is 411 g/mol. The molecule has 0 aliphatic heterocycles. The van der Waals surface area contributed by atoms with Gasteiger partial charge in [0.1, 0.15) is 0 Å². The quantitative estimate of drug-likeness (QED) is 0.278. The minimum Gasteiger partial charge on any atom is -1.00 e. The van der Waals surface area contributed by atoms with Crippen molar-refractivity contribution in [2.45, 2.75) is 26.9 Å². The van der Waals surface area contributed by atoms with E-state index in [2.05, 4.69) is 87.6 Å². The first-order valence-electron chi connectivity index (χ1n) is 8.31. The molecule has 0 aromatic heterocycles. The third-order valence-electron chi connectivity index (χ3n) is 5.24. The molecule has 26 heavy (non-hydrogen) atoms. The minimum atomic E-state index is -1.77. The number of benzene rings is 2.